The first-order valence-corrected chi connectivity index (χ1v) is 8.91. The Hall–Kier alpha value is -2.48. The van der Waals surface area contributed by atoms with E-state index >= 15 is 0 Å². The molecule has 1 aromatic carbocycles. The Bertz CT molecular complexity index is 665. The number of nitrogens with zero attached hydrogens (tertiary/aromatic N) is 1. The van der Waals surface area contributed by atoms with Crippen molar-refractivity contribution in [3.63, 3.8) is 0 Å². The van der Waals surface area contributed by atoms with Crippen LogP contribution in [0.2, 0.25) is 0 Å². The summed E-state index contributed by atoms with van der Waals surface area (Å²) in [7, 11) is 1.54. The van der Waals surface area contributed by atoms with Gasteiger partial charge in [0.15, 0.2) is 0 Å². The Labute approximate surface area is 159 Å². The zero-order valence-electron chi connectivity index (χ0n) is 16.3. The number of benzene rings is 1. The van der Waals surface area contributed by atoms with E-state index in [2.05, 4.69) is 10.2 Å². The molecule has 0 radical (unpaired) electrons. The van der Waals surface area contributed by atoms with Crippen LogP contribution in [0.1, 0.15) is 26.3 Å². The van der Waals surface area contributed by atoms with Gasteiger partial charge in [-0.05, 0) is 32.4 Å². The predicted octanol–water partition coefficient (Wildman–Crippen LogP) is 2.05. The number of rotatable bonds is 6. The van der Waals surface area contributed by atoms with Crippen LogP contribution in [0.25, 0.3) is 0 Å². The van der Waals surface area contributed by atoms with Gasteiger partial charge in [-0.3, -0.25) is 0 Å². The van der Waals surface area contributed by atoms with Gasteiger partial charge in [-0.25, -0.2) is 9.59 Å². The molecule has 0 spiro atoms. The highest BCUT2D eigenvalue weighted by molar-refractivity contribution is 5.80. The molecular weight excluding hydrogens is 352 g/mol. The van der Waals surface area contributed by atoms with Crippen molar-refractivity contribution >= 4 is 17.7 Å². The lowest BCUT2D eigenvalue weighted by molar-refractivity contribution is -0.139. The van der Waals surface area contributed by atoms with Crippen LogP contribution in [0.5, 0.6) is 5.75 Å². The summed E-state index contributed by atoms with van der Waals surface area (Å²) in [5.41, 5.74) is 0.980. The van der Waals surface area contributed by atoms with Crippen molar-refractivity contribution in [3.8, 4) is 5.75 Å². The van der Waals surface area contributed by atoms with E-state index in [4.69, 9.17) is 14.2 Å². The van der Waals surface area contributed by atoms with Gasteiger partial charge in [0.2, 0.25) is 0 Å². The number of ether oxygens (including phenoxy) is 3. The van der Waals surface area contributed by atoms with Crippen molar-refractivity contribution in [1.29, 1.82) is 0 Å². The van der Waals surface area contributed by atoms with E-state index in [9.17, 15) is 14.7 Å². The smallest absolute Gasteiger partial charge is 0.408 e. The Morgan fingerprint density at radius 3 is 2.52 bits per heavy atom. The number of morpholine rings is 1. The monoisotopic (exact) mass is 380 g/mol. The normalized spacial score (nSPS) is 15.8. The lowest BCUT2D eigenvalue weighted by Crippen LogP contribution is -2.44. The second-order valence-corrected chi connectivity index (χ2v) is 7.34. The number of carboxylic acid groups (broad SMARTS) is 1. The molecule has 2 rings (SSSR count). The Kier molecular flexibility index (Phi) is 6.90. The fraction of sp³-hybridized carbons (Fsp3) is 0.579. The number of aliphatic carboxylic acids is 1. The maximum absolute atomic E-state index is 11.9. The molecule has 1 unspecified atom stereocenters. The van der Waals surface area contributed by atoms with Gasteiger partial charge in [0.05, 0.1) is 20.3 Å². The summed E-state index contributed by atoms with van der Waals surface area (Å²) in [6.45, 7) is 8.08. The van der Waals surface area contributed by atoms with Crippen LogP contribution in [0.4, 0.5) is 10.5 Å². The van der Waals surface area contributed by atoms with Crippen molar-refractivity contribution in [2.24, 2.45) is 0 Å². The Balaban J connectivity index is 2.12. The minimum atomic E-state index is -1.14. The summed E-state index contributed by atoms with van der Waals surface area (Å²) >= 11 is 0. The topological polar surface area (TPSA) is 97.3 Å². The summed E-state index contributed by atoms with van der Waals surface area (Å²) in [6, 6.07) is 4.52. The fourth-order valence-electron chi connectivity index (χ4n) is 2.79. The Morgan fingerprint density at radius 1 is 1.30 bits per heavy atom. The first kappa shape index (κ1) is 20.8. The number of methoxy groups -OCH3 is 1. The molecule has 1 aromatic rings. The van der Waals surface area contributed by atoms with Gasteiger partial charge in [-0.1, -0.05) is 6.07 Å². The van der Waals surface area contributed by atoms with E-state index < -0.39 is 23.7 Å². The number of hydrogen-bond acceptors (Lipinski definition) is 6. The highest BCUT2D eigenvalue weighted by Crippen LogP contribution is 2.27. The SMILES string of the molecule is COc1cc(N2CCOCC2)ccc1CC(NC(=O)OC(C)(C)C)C(=O)O. The summed E-state index contributed by atoms with van der Waals surface area (Å²) < 4.78 is 16.0. The van der Waals surface area contributed by atoms with E-state index in [1.54, 1.807) is 27.9 Å². The maximum Gasteiger partial charge on any atom is 0.408 e. The third-order valence-electron chi connectivity index (χ3n) is 4.06. The molecule has 150 valence electrons. The number of carboxylic acids is 1. The third-order valence-corrected chi connectivity index (χ3v) is 4.06. The molecule has 1 fully saturated rings. The lowest BCUT2D eigenvalue weighted by atomic mass is 10.0. The van der Waals surface area contributed by atoms with E-state index in [-0.39, 0.29) is 6.42 Å². The van der Waals surface area contributed by atoms with Crippen molar-refractivity contribution in [3.05, 3.63) is 23.8 Å². The van der Waals surface area contributed by atoms with Crippen LogP contribution in [0, 0.1) is 0 Å². The molecule has 1 aliphatic heterocycles. The lowest BCUT2D eigenvalue weighted by Gasteiger charge is -2.29. The predicted molar refractivity (Wildman–Crippen MR) is 101 cm³/mol. The first-order valence-electron chi connectivity index (χ1n) is 8.91. The maximum atomic E-state index is 11.9. The number of alkyl carbamates (subject to hydrolysis) is 1. The molecule has 1 saturated heterocycles. The number of hydrogen-bond donors (Lipinski definition) is 2. The van der Waals surface area contributed by atoms with Gasteiger partial charge in [-0.2, -0.15) is 0 Å². The number of nitrogens with one attached hydrogen (secondary N) is 1. The Morgan fingerprint density at radius 2 is 1.96 bits per heavy atom. The molecule has 0 aromatic heterocycles. The molecule has 1 atom stereocenters. The van der Waals surface area contributed by atoms with Crippen LogP contribution in [-0.2, 0) is 20.7 Å². The standard InChI is InChI=1S/C19H28N2O6/c1-19(2,3)27-18(24)20-15(17(22)23)11-13-5-6-14(12-16(13)25-4)21-7-9-26-10-8-21/h5-6,12,15H,7-11H2,1-4H3,(H,20,24)(H,22,23). The first-order chi connectivity index (χ1) is 12.7. The second-order valence-electron chi connectivity index (χ2n) is 7.34. The molecule has 0 bridgehead atoms. The van der Waals surface area contributed by atoms with Crippen LogP contribution in [0.15, 0.2) is 18.2 Å². The van der Waals surface area contributed by atoms with Gasteiger partial charge >= 0.3 is 12.1 Å². The van der Waals surface area contributed by atoms with Crippen molar-refractivity contribution in [1.82, 2.24) is 5.32 Å². The molecule has 27 heavy (non-hydrogen) atoms. The molecule has 2 N–H and O–H groups in total. The average Bonchev–Trinajstić information content (AvgIpc) is 2.60. The zero-order valence-corrected chi connectivity index (χ0v) is 16.3. The van der Waals surface area contributed by atoms with Gasteiger partial charge < -0.3 is 29.5 Å². The van der Waals surface area contributed by atoms with Gasteiger partial charge in [-0.15, -0.1) is 0 Å². The largest absolute Gasteiger partial charge is 0.496 e. The van der Waals surface area contributed by atoms with Crippen LogP contribution in [-0.4, -0.2) is 62.2 Å². The molecule has 0 aliphatic carbocycles. The minimum Gasteiger partial charge on any atom is -0.496 e. The van der Waals surface area contributed by atoms with E-state index in [0.29, 0.717) is 24.5 Å². The molecule has 8 heteroatoms. The van der Waals surface area contributed by atoms with Crippen molar-refractivity contribution in [2.45, 2.75) is 38.8 Å². The van der Waals surface area contributed by atoms with Crippen molar-refractivity contribution in [2.75, 3.05) is 38.3 Å². The molecule has 8 nitrogen and oxygen atoms in total. The molecule has 1 amide bonds. The highest BCUT2D eigenvalue weighted by Gasteiger charge is 2.25. The van der Waals surface area contributed by atoms with Gasteiger partial charge in [0, 0.05) is 31.3 Å². The van der Waals surface area contributed by atoms with Gasteiger partial charge in [0.25, 0.3) is 0 Å². The summed E-state index contributed by atoms with van der Waals surface area (Å²) in [5, 5.41) is 11.9. The van der Waals surface area contributed by atoms with E-state index in [1.807, 2.05) is 18.2 Å². The van der Waals surface area contributed by atoms with E-state index in [1.165, 1.54) is 0 Å². The summed E-state index contributed by atoms with van der Waals surface area (Å²) in [5.74, 6) is -0.559. The molecule has 1 heterocycles. The number of amides is 1. The highest BCUT2D eigenvalue weighted by atomic mass is 16.6. The number of anilines is 1. The van der Waals surface area contributed by atoms with Crippen LogP contribution >= 0.6 is 0 Å². The fourth-order valence-corrected chi connectivity index (χ4v) is 2.79. The zero-order chi connectivity index (χ0) is 20.0. The third kappa shape index (κ3) is 6.32. The summed E-state index contributed by atoms with van der Waals surface area (Å²) in [6.07, 6.45) is -0.681. The number of carbonyl (C=O) groups is 2. The molecular formula is C19H28N2O6. The van der Waals surface area contributed by atoms with Crippen molar-refractivity contribution < 1.29 is 28.9 Å². The molecule has 1 aliphatic rings. The minimum absolute atomic E-state index is 0.0845. The quantitative estimate of drug-likeness (QED) is 0.779. The van der Waals surface area contributed by atoms with Gasteiger partial charge in [0.1, 0.15) is 17.4 Å². The second kappa shape index (κ2) is 8.94. The molecule has 0 saturated carbocycles. The average molecular weight is 380 g/mol. The van der Waals surface area contributed by atoms with E-state index in [0.717, 1.165) is 18.8 Å². The number of carbonyl (C=O) groups excluding carboxylic acids is 1. The van der Waals surface area contributed by atoms with Crippen LogP contribution in [0.3, 0.4) is 0 Å². The summed E-state index contributed by atoms with van der Waals surface area (Å²) in [4.78, 5) is 25.7. The van der Waals surface area contributed by atoms with Crippen LogP contribution < -0.4 is 15.0 Å².